The van der Waals surface area contributed by atoms with Crippen molar-refractivity contribution in [3.63, 3.8) is 0 Å². The number of rotatable bonds is 4. The average Bonchev–Trinajstić information content (AvgIpc) is 2.58. The van der Waals surface area contributed by atoms with E-state index >= 15 is 0 Å². The number of Topliss-reactive ketones (excluding diaryl/α,β-unsaturated/α-hetero) is 1. The van der Waals surface area contributed by atoms with Gasteiger partial charge in [0.1, 0.15) is 5.75 Å². The third-order valence-corrected chi connectivity index (χ3v) is 5.01. The predicted molar refractivity (Wildman–Crippen MR) is 118 cm³/mol. The van der Waals surface area contributed by atoms with Crippen LogP contribution < -0.4 is 4.74 Å². The Morgan fingerprint density at radius 3 is 1.83 bits per heavy atom. The summed E-state index contributed by atoms with van der Waals surface area (Å²) in [6.07, 6.45) is 3.90. The van der Waals surface area contributed by atoms with Crippen LogP contribution in [0.3, 0.4) is 0 Å². The van der Waals surface area contributed by atoms with E-state index in [2.05, 4.69) is 0 Å². The Kier molecular flexibility index (Phi) is 6.23. The van der Waals surface area contributed by atoms with Crippen molar-refractivity contribution >= 4 is 11.4 Å². The van der Waals surface area contributed by atoms with Crippen molar-refractivity contribution in [1.82, 2.24) is 0 Å². The molecule has 0 saturated heterocycles. The number of ketones is 1. The quantitative estimate of drug-likeness (QED) is 0.448. The van der Waals surface area contributed by atoms with E-state index in [0.29, 0.717) is 0 Å². The Bertz CT molecular complexity index is 808. The van der Waals surface area contributed by atoms with Crippen LogP contribution in [0.15, 0.2) is 42.0 Å². The second-order valence-electron chi connectivity index (χ2n) is 10.7. The summed E-state index contributed by atoms with van der Waals surface area (Å²) < 4.78 is 5.29. The Morgan fingerprint density at radius 2 is 1.41 bits per heavy atom. The first kappa shape index (κ1) is 23.4. The fourth-order valence-corrected chi connectivity index (χ4v) is 3.19. The maximum absolute atomic E-state index is 13.8. The molecule has 1 aromatic rings. The summed E-state index contributed by atoms with van der Waals surface area (Å²) in [5, 5.41) is 0. The van der Waals surface area contributed by atoms with E-state index in [0.717, 1.165) is 22.5 Å². The highest BCUT2D eigenvalue weighted by Crippen LogP contribution is 2.47. The van der Waals surface area contributed by atoms with Gasteiger partial charge in [0.25, 0.3) is 0 Å². The van der Waals surface area contributed by atoms with Crippen LogP contribution >= 0.6 is 0 Å². The summed E-state index contributed by atoms with van der Waals surface area (Å²) in [6, 6.07) is 7.83. The summed E-state index contributed by atoms with van der Waals surface area (Å²) in [5.74, 6) is 0.731. The van der Waals surface area contributed by atoms with Gasteiger partial charge in [0.05, 0.1) is 12.7 Å². The molecule has 0 N–H and O–H groups in total. The zero-order chi connectivity index (χ0) is 22.3. The summed E-state index contributed by atoms with van der Waals surface area (Å²) in [5.41, 5.74) is -0.0126. The SMILES string of the molecule is COc1ccc(C2=CC(OOC(C)(C)C)(C(C)(C)C)C(=O)C(C(C)(C)C)=C2)cc1. The molecule has 1 aliphatic carbocycles. The van der Waals surface area contributed by atoms with Crippen molar-refractivity contribution in [2.45, 2.75) is 73.5 Å². The molecule has 4 nitrogen and oxygen atoms in total. The lowest BCUT2D eigenvalue weighted by Crippen LogP contribution is -2.54. The number of allylic oxidation sites excluding steroid dienone is 2. The van der Waals surface area contributed by atoms with Gasteiger partial charge in [-0.1, -0.05) is 53.7 Å². The molecular formula is C25H36O4. The van der Waals surface area contributed by atoms with Crippen LogP contribution in [0, 0.1) is 10.8 Å². The van der Waals surface area contributed by atoms with Gasteiger partial charge in [-0.2, -0.15) is 0 Å². The van der Waals surface area contributed by atoms with Crippen molar-refractivity contribution in [3.05, 3.63) is 47.6 Å². The first-order chi connectivity index (χ1) is 13.1. The first-order valence-electron chi connectivity index (χ1n) is 10.1. The molecule has 0 spiro atoms. The Morgan fingerprint density at radius 1 is 0.862 bits per heavy atom. The van der Waals surface area contributed by atoms with Gasteiger partial charge in [0, 0.05) is 11.0 Å². The molecule has 29 heavy (non-hydrogen) atoms. The van der Waals surface area contributed by atoms with Crippen LogP contribution in [0.4, 0.5) is 0 Å². The number of carbonyl (C=O) groups excluding carboxylic acids is 1. The molecule has 0 heterocycles. The molecule has 1 atom stereocenters. The number of methoxy groups -OCH3 is 1. The topological polar surface area (TPSA) is 44.8 Å². The zero-order valence-corrected chi connectivity index (χ0v) is 19.6. The lowest BCUT2D eigenvalue weighted by molar-refractivity contribution is -0.397. The zero-order valence-electron chi connectivity index (χ0n) is 19.6. The molecule has 1 unspecified atom stereocenters. The van der Waals surface area contributed by atoms with Gasteiger partial charge >= 0.3 is 0 Å². The van der Waals surface area contributed by atoms with E-state index in [1.807, 2.05) is 98.7 Å². The van der Waals surface area contributed by atoms with Crippen LogP contribution in [0.25, 0.3) is 5.57 Å². The fourth-order valence-electron chi connectivity index (χ4n) is 3.19. The Balaban J connectivity index is 2.71. The van der Waals surface area contributed by atoms with E-state index < -0.39 is 16.6 Å². The van der Waals surface area contributed by atoms with Crippen LogP contribution in [0.5, 0.6) is 5.75 Å². The monoisotopic (exact) mass is 400 g/mol. The largest absolute Gasteiger partial charge is 0.497 e. The van der Waals surface area contributed by atoms with Gasteiger partial charge in [-0.05, 0) is 61.6 Å². The molecule has 4 heteroatoms. The lowest BCUT2D eigenvalue weighted by atomic mass is 9.64. The van der Waals surface area contributed by atoms with Crippen molar-refractivity contribution in [2.24, 2.45) is 10.8 Å². The smallest absolute Gasteiger partial charge is 0.199 e. The number of hydrogen-bond donors (Lipinski definition) is 0. The van der Waals surface area contributed by atoms with E-state index in [1.54, 1.807) is 7.11 Å². The summed E-state index contributed by atoms with van der Waals surface area (Å²) >= 11 is 0. The van der Waals surface area contributed by atoms with Crippen molar-refractivity contribution in [1.29, 1.82) is 0 Å². The molecule has 1 aromatic carbocycles. The Hall–Kier alpha value is -1.91. The highest BCUT2D eigenvalue weighted by Gasteiger charge is 2.54. The minimum Gasteiger partial charge on any atom is -0.497 e. The van der Waals surface area contributed by atoms with Crippen LogP contribution in [0.2, 0.25) is 0 Å². The third-order valence-electron chi connectivity index (χ3n) is 5.01. The maximum Gasteiger partial charge on any atom is 0.199 e. The van der Waals surface area contributed by atoms with Gasteiger partial charge in [-0.25, -0.2) is 9.78 Å². The third kappa shape index (κ3) is 4.99. The number of benzene rings is 1. The van der Waals surface area contributed by atoms with Gasteiger partial charge < -0.3 is 4.74 Å². The molecule has 0 saturated carbocycles. The lowest BCUT2D eigenvalue weighted by Gasteiger charge is -2.45. The van der Waals surface area contributed by atoms with Gasteiger partial charge in [0.15, 0.2) is 11.4 Å². The van der Waals surface area contributed by atoms with Crippen LogP contribution in [-0.4, -0.2) is 24.1 Å². The van der Waals surface area contributed by atoms with Crippen molar-refractivity contribution in [3.8, 4) is 5.75 Å². The van der Waals surface area contributed by atoms with Gasteiger partial charge in [-0.3, -0.25) is 4.79 Å². The summed E-state index contributed by atoms with van der Waals surface area (Å²) in [6.45, 7) is 17.9. The Labute approximate surface area is 175 Å². The molecule has 0 amide bonds. The number of hydrogen-bond acceptors (Lipinski definition) is 4. The van der Waals surface area contributed by atoms with E-state index in [9.17, 15) is 4.79 Å². The van der Waals surface area contributed by atoms with E-state index in [-0.39, 0.29) is 11.2 Å². The molecule has 1 aliphatic rings. The van der Waals surface area contributed by atoms with Crippen LogP contribution in [-0.2, 0) is 14.6 Å². The van der Waals surface area contributed by atoms with Crippen molar-refractivity contribution < 1.29 is 19.3 Å². The van der Waals surface area contributed by atoms with Crippen LogP contribution in [0.1, 0.15) is 67.9 Å². The molecule has 0 radical (unpaired) electrons. The standard InChI is InChI=1S/C25H36O4/c1-22(2,3)20-15-18(17-11-13-19(27-10)14-12-17)16-25(21(20)26,23(4,5)6)29-28-24(7,8)9/h11-16H,1-10H3. The average molecular weight is 401 g/mol. The van der Waals surface area contributed by atoms with Gasteiger partial charge in [-0.15, -0.1) is 0 Å². The molecular weight excluding hydrogens is 364 g/mol. The predicted octanol–water partition coefficient (Wildman–Crippen LogP) is 6.17. The molecule has 0 bridgehead atoms. The number of carbonyl (C=O) groups is 1. The van der Waals surface area contributed by atoms with Gasteiger partial charge in [0.2, 0.25) is 0 Å². The maximum atomic E-state index is 13.8. The van der Waals surface area contributed by atoms with Crippen molar-refractivity contribution in [2.75, 3.05) is 7.11 Å². The number of ether oxygens (including phenoxy) is 1. The highest BCUT2D eigenvalue weighted by molar-refractivity contribution is 6.10. The minimum atomic E-state index is -1.24. The molecule has 0 aromatic heterocycles. The first-order valence-corrected chi connectivity index (χ1v) is 10.1. The second-order valence-corrected chi connectivity index (χ2v) is 10.7. The fraction of sp³-hybridized carbons (Fsp3) is 0.560. The van der Waals surface area contributed by atoms with E-state index in [4.69, 9.17) is 14.5 Å². The molecule has 2 rings (SSSR count). The molecule has 0 fully saturated rings. The van der Waals surface area contributed by atoms with E-state index in [1.165, 1.54) is 0 Å². The highest BCUT2D eigenvalue weighted by atomic mass is 17.2. The molecule has 0 aliphatic heterocycles. The molecule has 160 valence electrons. The summed E-state index contributed by atoms with van der Waals surface area (Å²) in [4.78, 5) is 25.6. The second kappa shape index (κ2) is 7.73. The summed E-state index contributed by atoms with van der Waals surface area (Å²) in [7, 11) is 1.65. The minimum absolute atomic E-state index is 0.0565. The normalized spacial score (nSPS) is 21.0.